The molecule has 1 rings (SSSR count). The van der Waals surface area contributed by atoms with Crippen molar-refractivity contribution in [1.29, 1.82) is 0 Å². The Kier molecular flexibility index (Phi) is 8.40. The second-order valence-corrected chi connectivity index (χ2v) is 17.6. The summed E-state index contributed by atoms with van der Waals surface area (Å²) in [7, 11) is -1.75. The van der Waals surface area contributed by atoms with Gasteiger partial charge in [-0.1, -0.05) is 47.1 Å². The fraction of sp³-hybridized carbons (Fsp3) is 0.792. The molecule has 0 aromatic carbocycles. The minimum absolute atomic E-state index is 0.0831. The van der Waals surface area contributed by atoms with Gasteiger partial charge in [0.05, 0.1) is 5.41 Å². The van der Waals surface area contributed by atoms with Gasteiger partial charge in [-0.3, -0.25) is 4.79 Å². The van der Waals surface area contributed by atoms with Gasteiger partial charge in [0.2, 0.25) is 0 Å². The van der Waals surface area contributed by atoms with Crippen LogP contribution >= 0.6 is 11.3 Å². The lowest BCUT2D eigenvalue weighted by molar-refractivity contribution is -0.161. The summed E-state index contributed by atoms with van der Waals surface area (Å²) >= 11 is 1.64. The lowest BCUT2D eigenvalue weighted by atomic mass is 9.79. The van der Waals surface area contributed by atoms with Crippen molar-refractivity contribution in [3.05, 3.63) is 22.4 Å². The Balaban J connectivity index is 2.79. The van der Waals surface area contributed by atoms with E-state index in [1.54, 1.807) is 11.3 Å². The monoisotopic (exact) mass is 440 g/mol. The maximum atomic E-state index is 13.1. The Labute approximate surface area is 184 Å². The van der Waals surface area contributed by atoms with Crippen molar-refractivity contribution in [1.82, 2.24) is 0 Å². The molecule has 1 unspecified atom stereocenters. The summed E-state index contributed by atoms with van der Waals surface area (Å²) in [5.41, 5.74) is -0.997. The largest absolute Gasteiger partial charge is 0.459 e. The average molecular weight is 441 g/mol. The van der Waals surface area contributed by atoms with Crippen LogP contribution in [0.5, 0.6) is 0 Å². The third-order valence-corrected chi connectivity index (χ3v) is 11.7. The maximum Gasteiger partial charge on any atom is 0.317 e. The van der Waals surface area contributed by atoms with E-state index in [1.165, 1.54) is 0 Å². The molecule has 0 radical (unpaired) electrons. The lowest BCUT2D eigenvalue weighted by Crippen LogP contribution is -2.43. The highest BCUT2D eigenvalue weighted by atomic mass is 32.1. The molecule has 0 saturated carbocycles. The number of hydrogen-bond donors (Lipinski definition) is 0. The highest BCUT2D eigenvalue weighted by molar-refractivity contribution is 7.10. The standard InChI is InChI=1S/C24H44O3SSi/c1-21(2,3)27-20(25)24(9,19-14-12-17-28-19)16-13-15-23(7,8)18-26-29(10,11)22(4,5)6/h12,14,17H,13,15-16,18H2,1-11H3. The molecular formula is C24H44O3SSi. The number of esters is 1. The average Bonchev–Trinajstić information content (AvgIpc) is 3.05. The molecule has 1 aromatic heterocycles. The molecule has 0 aliphatic heterocycles. The molecule has 0 N–H and O–H groups in total. The Morgan fingerprint density at radius 1 is 1.00 bits per heavy atom. The van der Waals surface area contributed by atoms with Crippen molar-refractivity contribution in [2.75, 3.05) is 6.61 Å². The molecule has 0 amide bonds. The van der Waals surface area contributed by atoms with Crippen LogP contribution in [-0.4, -0.2) is 26.5 Å². The van der Waals surface area contributed by atoms with E-state index in [9.17, 15) is 4.79 Å². The molecule has 29 heavy (non-hydrogen) atoms. The maximum absolute atomic E-state index is 13.1. The number of carbonyl (C=O) groups is 1. The minimum Gasteiger partial charge on any atom is -0.459 e. The van der Waals surface area contributed by atoms with Gasteiger partial charge in [0.1, 0.15) is 5.60 Å². The molecule has 3 nitrogen and oxygen atoms in total. The predicted octanol–water partition coefficient (Wildman–Crippen LogP) is 7.57. The number of carbonyl (C=O) groups excluding carboxylic acids is 1. The van der Waals surface area contributed by atoms with Crippen molar-refractivity contribution in [3.63, 3.8) is 0 Å². The first-order valence-electron chi connectivity index (χ1n) is 10.8. The minimum atomic E-state index is -1.75. The van der Waals surface area contributed by atoms with E-state index < -0.39 is 19.3 Å². The highest BCUT2D eigenvalue weighted by Crippen LogP contribution is 2.40. The van der Waals surface area contributed by atoms with Gasteiger partial charge in [0.15, 0.2) is 8.32 Å². The normalized spacial score (nSPS) is 15.8. The molecule has 0 saturated heterocycles. The van der Waals surface area contributed by atoms with E-state index in [4.69, 9.17) is 9.16 Å². The molecule has 0 spiro atoms. The highest BCUT2D eigenvalue weighted by Gasteiger charge is 2.41. The summed E-state index contributed by atoms with van der Waals surface area (Å²) < 4.78 is 12.3. The fourth-order valence-corrected chi connectivity index (χ4v) is 4.99. The zero-order valence-corrected chi connectivity index (χ0v) is 22.5. The smallest absolute Gasteiger partial charge is 0.317 e. The van der Waals surface area contributed by atoms with Crippen molar-refractivity contribution >= 4 is 25.6 Å². The molecule has 5 heteroatoms. The third-order valence-electron chi connectivity index (χ3n) is 6.07. The van der Waals surface area contributed by atoms with Gasteiger partial charge in [-0.15, -0.1) is 11.3 Å². The first-order chi connectivity index (χ1) is 12.9. The van der Waals surface area contributed by atoms with Crippen LogP contribution in [0.25, 0.3) is 0 Å². The summed E-state index contributed by atoms with van der Waals surface area (Å²) in [6.45, 7) is 24.6. The summed E-state index contributed by atoms with van der Waals surface area (Å²) in [5, 5.41) is 2.26. The van der Waals surface area contributed by atoms with Gasteiger partial charge in [0.25, 0.3) is 0 Å². The van der Waals surface area contributed by atoms with Gasteiger partial charge in [-0.25, -0.2) is 0 Å². The van der Waals surface area contributed by atoms with E-state index in [-0.39, 0.29) is 16.4 Å². The summed E-state index contributed by atoms with van der Waals surface area (Å²) in [5.74, 6) is -0.122. The molecule has 0 fully saturated rings. The van der Waals surface area contributed by atoms with E-state index in [0.29, 0.717) is 0 Å². The summed E-state index contributed by atoms with van der Waals surface area (Å²) in [6.07, 6.45) is 2.76. The zero-order chi connectivity index (χ0) is 22.7. The molecule has 168 valence electrons. The van der Waals surface area contributed by atoms with Gasteiger partial charge >= 0.3 is 5.97 Å². The van der Waals surface area contributed by atoms with Crippen molar-refractivity contribution in [2.45, 2.75) is 111 Å². The first kappa shape index (κ1) is 26.4. The van der Waals surface area contributed by atoms with E-state index >= 15 is 0 Å². The van der Waals surface area contributed by atoms with Crippen LogP contribution in [0.4, 0.5) is 0 Å². The Hall–Kier alpha value is -0.653. The van der Waals surface area contributed by atoms with Crippen molar-refractivity contribution < 1.29 is 14.0 Å². The predicted molar refractivity (Wildman–Crippen MR) is 128 cm³/mol. The van der Waals surface area contributed by atoms with E-state index in [0.717, 1.165) is 30.7 Å². The third kappa shape index (κ3) is 7.84. The van der Waals surface area contributed by atoms with Crippen molar-refractivity contribution in [3.8, 4) is 0 Å². The fourth-order valence-electron chi connectivity index (χ4n) is 2.89. The Morgan fingerprint density at radius 2 is 1.59 bits per heavy atom. The molecule has 1 aromatic rings. The second kappa shape index (κ2) is 9.23. The summed E-state index contributed by atoms with van der Waals surface area (Å²) in [4.78, 5) is 14.2. The van der Waals surface area contributed by atoms with Crippen LogP contribution < -0.4 is 0 Å². The Morgan fingerprint density at radius 3 is 2.03 bits per heavy atom. The topological polar surface area (TPSA) is 35.5 Å². The van der Waals surface area contributed by atoms with Crippen LogP contribution in [0.2, 0.25) is 18.1 Å². The lowest BCUT2D eigenvalue weighted by Gasteiger charge is -2.39. The van der Waals surface area contributed by atoms with Crippen molar-refractivity contribution in [2.24, 2.45) is 5.41 Å². The Bertz CT molecular complexity index is 651. The van der Waals surface area contributed by atoms with Gasteiger partial charge < -0.3 is 9.16 Å². The van der Waals surface area contributed by atoms with E-state index in [1.807, 2.05) is 39.1 Å². The molecule has 0 aliphatic rings. The molecule has 1 atom stereocenters. The van der Waals surface area contributed by atoms with Gasteiger partial charge in [0, 0.05) is 11.5 Å². The second-order valence-electron chi connectivity index (χ2n) is 11.9. The van der Waals surface area contributed by atoms with Crippen LogP contribution in [-0.2, 0) is 19.4 Å². The van der Waals surface area contributed by atoms with Gasteiger partial charge in [-0.2, -0.15) is 0 Å². The van der Waals surface area contributed by atoms with Crippen LogP contribution in [0.15, 0.2) is 17.5 Å². The van der Waals surface area contributed by atoms with Crippen LogP contribution in [0, 0.1) is 5.41 Å². The quantitative estimate of drug-likeness (QED) is 0.293. The number of thiophene rings is 1. The molecule has 0 bridgehead atoms. The number of ether oxygens (including phenoxy) is 1. The molecule has 0 aliphatic carbocycles. The SMILES string of the molecule is CC(C)(CCCC(C)(C(=O)OC(C)(C)C)c1cccs1)CO[Si](C)(C)C(C)(C)C. The molecular weight excluding hydrogens is 396 g/mol. The number of hydrogen-bond acceptors (Lipinski definition) is 4. The van der Waals surface area contributed by atoms with Crippen LogP contribution in [0.3, 0.4) is 0 Å². The van der Waals surface area contributed by atoms with Crippen LogP contribution in [0.1, 0.15) is 86.5 Å². The number of rotatable bonds is 9. The van der Waals surface area contributed by atoms with E-state index in [2.05, 4.69) is 53.8 Å². The first-order valence-corrected chi connectivity index (χ1v) is 14.6. The molecule has 1 heterocycles. The van der Waals surface area contributed by atoms with Gasteiger partial charge in [-0.05, 0) is 75.5 Å². The zero-order valence-electron chi connectivity index (χ0n) is 20.7. The summed E-state index contributed by atoms with van der Waals surface area (Å²) in [6, 6.07) is 4.07.